The number of nitro benzene ring substituents is 1. The Kier molecular flexibility index (Phi) is 2.70. The van der Waals surface area contributed by atoms with Crippen molar-refractivity contribution in [2.45, 2.75) is 6.92 Å². The van der Waals surface area contributed by atoms with Gasteiger partial charge >= 0.3 is 0 Å². The van der Waals surface area contributed by atoms with Gasteiger partial charge in [-0.2, -0.15) is 5.10 Å². The Balaban J connectivity index is 2.61. The number of rotatable bonds is 3. The summed E-state index contributed by atoms with van der Waals surface area (Å²) in [5, 5.41) is 15.0. The number of aromatic nitrogens is 2. The lowest BCUT2D eigenvalue weighted by Crippen LogP contribution is -2.01. The van der Waals surface area contributed by atoms with Crippen molar-refractivity contribution in [3.8, 4) is 5.69 Å². The summed E-state index contributed by atoms with van der Waals surface area (Å²) in [5.74, 6) is 0. The molecular weight excluding hydrogens is 222 g/mol. The first kappa shape index (κ1) is 11.0. The van der Waals surface area contributed by atoms with Gasteiger partial charge in [0, 0.05) is 17.8 Å². The summed E-state index contributed by atoms with van der Waals surface area (Å²) in [6, 6.07) is 6.01. The van der Waals surface area contributed by atoms with Crippen LogP contribution in [0.3, 0.4) is 0 Å². The molecule has 6 heteroatoms. The van der Waals surface area contributed by atoms with Crippen LogP contribution in [0.15, 0.2) is 30.5 Å². The maximum Gasteiger partial charge on any atom is 0.295 e. The number of nitro groups is 1. The van der Waals surface area contributed by atoms with Crippen LogP contribution in [0.5, 0.6) is 0 Å². The van der Waals surface area contributed by atoms with Gasteiger partial charge in [-0.1, -0.05) is 0 Å². The fraction of sp³-hybridized carbons (Fsp3) is 0.0909. The molecule has 1 aromatic carbocycles. The lowest BCUT2D eigenvalue weighted by atomic mass is 10.2. The number of aryl methyl sites for hydroxylation is 1. The minimum atomic E-state index is -0.528. The molecule has 0 atom stereocenters. The molecule has 0 unspecified atom stereocenters. The third-order valence-electron chi connectivity index (χ3n) is 2.30. The zero-order valence-electron chi connectivity index (χ0n) is 9.03. The SMILES string of the molecule is Cc1ccn(-c2ccc(C=O)cc2[N+](=O)[O-])n1. The van der Waals surface area contributed by atoms with Gasteiger partial charge in [0.1, 0.15) is 12.0 Å². The van der Waals surface area contributed by atoms with Crippen LogP contribution in [0.2, 0.25) is 0 Å². The second kappa shape index (κ2) is 4.17. The first-order chi connectivity index (χ1) is 8.11. The van der Waals surface area contributed by atoms with Crippen molar-refractivity contribution in [3.05, 3.63) is 51.8 Å². The van der Waals surface area contributed by atoms with Gasteiger partial charge in [-0.15, -0.1) is 0 Å². The van der Waals surface area contributed by atoms with Crippen LogP contribution in [-0.4, -0.2) is 21.0 Å². The van der Waals surface area contributed by atoms with E-state index in [4.69, 9.17) is 0 Å². The van der Waals surface area contributed by atoms with Crippen molar-refractivity contribution >= 4 is 12.0 Å². The van der Waals surface area contributed by atoms with Gasteiger partial charge in [-0.05, 0) is 25.1 Å². The molecule has 2 rings (SSSR count). The minimum absolute atomic E-state index is 0.141. The molecule has 0 aliphatic carbocycles. The second-order valence-electron chi connectivity index (χ2n) is 3.52. The van der Waals surface area contributed by atoms with Gasteiger partial charge in [-0.3, -0.25) is 14.9 Å². The Morgan fingerprint density at radius 1 is 1.41 bits per heavy atom. The largest absolute Gasteiger partial charge is 0.298 e. The van der Waals surface area contributed by atoms with Crippen LogP contribution in [0, 0.1) is 17.0 Å². The third kappa shape index (κ3) is 2.05. The summed E-state index contributed by atoms with van der Waals surface area (Å²) in [5.41, 5.74) is 1.23. The van der Waals surface area contributed by atoms with E-state index in [9.17, 15) is 14.9 Å². The van der Waals surface area contributed by atoms with Crippen LogP contribution in [0.25, 0.3) is 5.69 Å². The topological polar surface area (TPSA) is 78.0 Å². The summed E-state index contributed by atoms with van der Waals surface area (Å²) in [6.07, 6.45) is 2.21. The Bertz CT molecular complexity index is 589. The van der Waals surface area contributed by atoms with E-state index in [0.717, 1.165) is 5.69 Å². The van der Waals surface area contributed by atoms with E-state index in [-0.39, 0.29) is 11.3 Å². The predicted octanol–water partition coefficient (Wildman–Crippen LogP) is 1.90. The van der Waals surface area contributed by atoms with Gasteiger partial charge in [-0.25, -0.2) is 4.68 Å². The quantitative estimate of drug-likeness (QED) is 0.459. The number of hydrogen-bond donors (Lipinski definition) is 0. The molecule has 0 saturated carbocycles. The van der Waals surface area contributed by atoms with Crippen molar-refractivity contribution in [1.82, 2.24) is 9.78 Å². The molecule has 0 bridgehead atoms. The van der Waals surface area contributed by atoms with Gasteiger partial charge in [0.15, 0.2) is 0 Å². The van der Waals surface area contributed by atoms with Crippen LogP contribution in [-0.2, 0) is 0 Å². The van der Waals surface area contributed by atoms with Crippen LogP contribution in [0.4, 0.5) is 5.69 Å². The molecule has 17 heavy (non-hydrogen) atoms. The zero-order chi connectivity index (χ0) is 12.4. The Morgan fingerprint density at radius 3 is 2.71 bits per heavy atom. The van der Waals surface area contributed by atoms with Gasteiger partial charge < -0.3 is 0 Å². The predicted molar refractivity (Wildman–Crippen MR) is 60.3 cm³/mol. The van der Waals surface area contributed by atoms with Crippen LogP contribution >= 0.6 is 0 Å². The molecule has 0 aliphatic heterocycles. The van der Waals surface area contributed by atoms with Crippen molar-refractivity contribution in [1.29, 1.82) is 0 Å². The highest BCUT2D eigenvalue weighted by Gasteiger charge is 2.16. The molecule has 0 fully saturated rings. The number of nitrogens with zero attached hydrogens (tertiary/aromatic N) is 3. The maximum absolute atomic E-state index is 10.9. The highest BCUT2D eigenvalue weighted by molar-refractivity contribution is 5.77. The van der Waals surface area contributed by atoms with Gasteiger partial charge in [0.05, 0.1) is 10.6 Å². The molecular formula is C11H9N3O3. The normalized spacial score (nSPS) is 10.2. The van der Waals surface area contributed by atoms with E-state index < -0.39 is 4.92 Å². The van der Waals surface area contributed by atoms with Gasteiger partial charge in [0.2, 0.25) is 0 Å². The molecule has 86 valence electrons. The smallest absolute Gasteiger partial charge is 0.295 e. The fourth-order valence-corrected chi connectivity index (χ4v) is 1.50. The van der Waals surface area contributed by atoms with Crippen LogP contribution < -0.4 is 0 Å². The average Bonchev–Trinajstić information content (AvgIpc) is 2.75. The second-order valence-corrected chi connectivity index (χ2v) is 3.52. The number of hydrogen-bond acceptors (Lipinski definition) is 4. The molecule has 0 spiro atoms. The first-order valence-corrected chi connectivity index (χ1v) is 4.88. The average molecular weight is 231 g/mol. The van der Waals surface area contributed by atoms with E-state index >= 15 is 0 Å². The van der Waals surface area contributed by atoms with Gasteiger partial charge in [0.25, 0.3) is 5.69 Å². The number of carbonyl (C=O) groups is 1. The lowest BCUT2D eigenvalue weighted by molar-refractivity contribution is -0.384. The fourth-order valence-electron chi connectivity index (χ4n) is 1.50. The summed E-state index contributed by atoms with van der Waals surface area (Å²) in [7, 11) is 0. The third-order valence-corrected chi connectivity index (χ3v) is 2.30. The van der Waals surface area contributed by atoms with Crippen molar-refractivity contribution in [2.24, 2.45) is 0 Å². The molecule has 1 heterocycles. The highest BCUT2D eigenvalue weighted by atomic mass is 16.6. The molecule has 0 aliphatic rings. The monoisotopic (exact) mass is 231 g/mol. The number of aldehydes is 1. The van der Waals surface area contributed by atoms with Crippen molar-refractivity contribution in [3.63, 3.8) is 0 Å². The molecule has 6 nitrogen and oxygen atoms in total. The molecule has 0 radical (unpaired) electrons. The molecule has 1 aromatic heterocycles. The number of carbonyl (C=O) groups excluding carboxylic acids is 1. The van der Waals surface area contributed by atoms with E-state index in [0.29, 0.717) is 12.0 Å². The summed E-state index contributed by atoms with van der Waals surface area (Å²) < 4.78 is 1.42. The van der Waals surface area contributed by atoms with E-state index in [1.807, 2.05) is 0 Å². The van der Waals surface area contributed by atoms with Crippen molar-refractivity contribution < 1.29 is 9.72 Å². The van der Waals surface area contributed by atoms with E-state index in [2.05, 4.69) is 5.10 Å². The number of benzene rings is 1. The molecule has 0 amide bonds. The Hall–Kier alpha value is -2.50. The highest BCUT2D eigenvalue weighted by Crippen LogP contribution is 2.23. The lowest BCUT2D eigenvalue weighted by Gasteiger charge is -2.03. The molecule has 2 aromatic rings. The molecule has 0 N–H and O–H groups in total. The standard InChI is InChI=1S/C11H9N3O3/c1-8-4-5-13(12-8)10-3-2-9(7-15)6-11(10)14(16)17/h2-7H,1H3. The van der Waals surface area contributed by atoms with E-state index in [1.165, 1.54) is 22.9 Å². The van der Waals surface area contributed by atoms with E-state index in [1.54, 1.807) is 19.2 Å². The first-order valence-electron chi connectivity index (χ1n) is 4.88. The Labute approximate surface area is 96.6 Å². The summed E-state index contributed by atoms with van der Waals surface area (Å²) >= 11 is 0. The summed E-state index contributed by atoms with van der Waals surface area (Å²) in [4.78, 5) is 21.0. The maximum atomic E-state index is 10.9. The molecule has 0 saturated heterocycles. The minimum Gasteiger partial charge on any atom is -0.298 e. The van der Waals surface area contributed by atoms with Crippen molar-refractivity contribution in [2.75, 3.05) is 0 Å². The van der Waals surface area contributed by atoms with Crippen LogP contribution in [0.1, 0.15) is 16.1 Å². The Morgan fingerprint density at radius 2 is 2.18 bits per heavy atom. The zero-order valence-corrected chi connectivity index (χ0v) is 9.03. The summed E-state index contributed by atoms with van der Waals surface area (Å²) in [6.45, 7) is 1.79.